The van der Waals surface area contributed by atoms with Crippen molar-refractivity contribution in [2.75, 3.05) is 0 Å². The largest absolute Gasteiger partial charge is 0.354 e. The Morgan fingerprint density at radius 2 is 1.81 bits per heavy atom. The highest BCUT2D eigenvalue weighted by molar-refractivity contribution is 5.85. The Labute approximate surface area is 156 Å². The maximum atomic E-state index is 12.1. The zero-order valence-corrected chi connectivity index (χ0v) is 16.0. The van der Waals surface area contributed by atoms with Crippen molar-refractivity contribution in [2.24, 2.45) is 0 Å². The van der Waals surface area contributed by atoms with E-state index in [0.29, 0.717) is 6.42 Å². The van der Waals surface area contributed by atoms with E-state index in [9.17, 15) is 4.79 Å². The van der Waals surface area contributed by atoms with E-state index < -0.39 is 0 Å². The molecule has 1 heterocycles. The molecule has 0 bridgehead atoms. The van der Waals surface area contributed by atoms with Crippen LogP contribution < -0.4 is 5.32 Å². The minimum absolute atomic E-state index is 0.134. The minimum atomic E-state index is 0.134. The Hall–Kier alpha value is -2.55. The number of aromatic nitrogens is 1. The van der Waals surface area contributed by atoms with Gasteiger partial charge in [-0.05, 0) is 49.4 Å². The van der Waals surface area contributed by atoms with Crippen molar-refractivity contribution >= 4 is 16.8 Å². The second-order valence-corrected chi connectivity index (χ2v) is 7.10. The number of carbonyl (C=O) groups is 1. The highest BCUT2D eigenvalue weighted by atomic mass is 16.1. The standard InChI is InChI=1S/C23H28N2O/c1-4-18(3)24-23(26)14-13-20-16-25(22-12-8-7-11-21(20)22)15-19-10-6-5-9-17(19)2/h5-12,16,18H,4,13-15H2,1-3H3,(H,24,26)/t18-/m1/s1. The summed E-state index contributed by atoms with van der Waals surface area (Å²) in [6, 6.07) is 17.2. The molecule has 0 fully saturated rings. The number of hydrogen-bond acceptors (Lipinski definition) is 1. The maximum Gasteiger partial charge on any atom is 0.220 e. The average Bonchev–Trinajstić information content (AvgIpc) is 3.00. The second kappa shape index (κ2) is 8.22. The van der Waals surface area contributed by atoms with Crippen LogP contribution in [0.4, 0.5) is 0 Å². The van der Waals surface area contributed by atoms with Gasteiger partial charge in [-0.25, -0.2) is 0 Å². The molecule has 2 aromatic carbocycles. The zero-order chi connectivity index (χ0) is 18.5. The first-order valence-electron chi connectivity index (χ1n) is 9.49. The number of benzene rings is 2. The quantitative estimate of drug-likeness (QED) is 0.651. The lowest BCUT2D eigenvalue weighted by Crippen LogP contribution is -2.31. The molecule has 0 spiro atoms. The first-order chi connectivity index (χ1) is 12.6. The molecule has 0 aliphatic rings. The van der Waals surface area contributed by atoms with Crippen molar-refractivity contribution in [1.82, 2.24) is 9.88 Å². The number of carbonyl (C=O) groups excluding carboxylic acids is 1. The summed E-state index contributed by atoms with van der Waals surface area (Å²) in [7, 11) is 0. The van der Waals surface area contributed by atoms with Gasteiger partial charge in [-0.2, -0.15) is 0 Å². The number of para-hydroxylation sites is 1. The van der Waals surface area contributed by atoms with Crippen molar-refractivity contribution in [2.45, 2.75) is 52.6 Å². The number of nitrogens with one attached hydrogen (secondary N) is 1. The average molecular weight is 348 g/mol. The number of amides is 1. The lowest BCUT2D eigenvalue weighted by molar-refractivity contribution is -0.121. The summed E-state index contributed by atoms with van der Waals surface area (Å²) in [5.74, 6) is 0.134. The molecule has 26 heavy (non-hydrogen) atoms. The van der Waals surface area contributed by atoms with Crippen molar-refractivity contribution in [3.05, 3.63) is 71.4 Å². The Bertz CT molecular complexity index is 894. The molecular formula is C23H28N2O. The summed E-state index contributed by atoms with van der Waals surface area (Å²) in [5, 5.41) is 4.30. The Morgan fingerprint density at radius 3 is 2.58 bits per heavy atom. The lowest BCUT2D eigenvalue weighted by Gasteiger charge is -2.10. The van der Waals surface area contributed by atoms with E-state index in [4.69, 9.17) is 0 Å². The number of rotatable bonds is 7. The van der Waals surface area contributed by atoms with Gasteiger partial charge >= 0.3 is 0 Å². The molecule has 3 nitrogen and oxygen atoms in total. The van der Waals surface area contributed by atoms with Crippen LogP contribution in [0.5, 0.6) is 0 Å². The van der Waals surface area contributed by atoms with Gasteiger partial charge in [0.05, 0.1) is 0 Å². The van der Waals surface area contributed by atoms with Gasteiger partial charge in [0.1, 0.15) is 0 Å². The molecule has 1 N–H and O–H groups in total. The highest BCUT2D eigenvalue weighted by Gasteiger charge is 2.12. The molecule has 0 saturated carbocycles. The predicted octanol–water partition coefficient (Wildman–Crippen LogP) is 4.85. The van der Waals surface area contributed by atoms with Crippen molar-refractivity contribution in [3.63, 3.8) is 0 Å². The van der Waals surface area contributed by atoms with Crippen LogP contribution in [0.15, 0.2) is 54.7 Å². The van der Waals surface area contributed by atoms with Crippen LogP contribution in [-0.2, 0) is 17.8 Å². The Balaban J connectivity index is 1.81. The fourth-order valence-corrected chi connectivity index (χ4v) is 3.32. The third-order valence-electron chi connectivity index (χ3n) is 5.11. The summed E-state index contributed by atoms with van der Waals surface area (Å²) in [6.07, 6.45) is 4.47. The van der Waals surface area contributed by atoms with Gasteiger partial charge in [-0.1, -0.05) is 49.4 Å². The molecule has 3 heteroatoms. The van der Waals surface area contributed by atoms with Crippen molar-refractivity contribution < 1.29 is 4.79 Å². The predicted molar refractivity (Wildman–Crippen MR) is 108 cm³/mol. The summed E-state index contributed by atoms with van der Waals surface area (Å²) in [4.78, 5) is 12.1. The monoisotopic (exact) mass is 348 g/mol. The number of aryl methyl sites for hydroxylation is 2. The van der Waals surface area contributed by atoms with E-state index in [-0.39, 0.29) is 11.9 Å². The van der Waals surface area contributed by atoms with E-state index in [1.165, 1.54) is 27.6 Å². The normalized spacial score (nSPS) is 12.3. The smallest absolute Gasteiger partial charge is 0.220 e. The van der Waals surface area contributed by atoms with Crippen molar-refractivity contribution in [1.29, 1.82) is 0 Å². The topological polar surface area (TPSA) is 34.0 Å². The van der Waals surface area contributed by atoms with Gasteiger partial charge in [-0.3, -0.25) is 4.79 Å². The molecule has 0 radical (unpaired) electrons. The molecule has 0 aliphatic heterocycles. The van der Waals surface area contributed by atoms with Crippen LogP contribution in [0.1, 0.15) is 43.4 Å². The van der Waals surface area contributed by atoms with Gasteiger partial charge in [0.15, 0.2) is 0 Å². The molecule has 0 saturated heterocycles. The molecule has 1 atom stereocenters. The second-order valence-electron chi connectivity index (χ2n) is 7.10. The SMILES string of the molecule is CC[C@@H](C)NC(=O)CCc1cn(Cc2ccccc2C)c2ccccc12. The lowest BCUT2D eigenvalue weighted by atomic mass is 10.1. The minimum Gasteiger partial charge on any atom is -0.354 e. The first kappa shape index (κ1) is 18.2. The van der Waals surface area contributed by atoms with E-state index in [2.05, 4.69) is 78.5 Å². The maximum absolute atomic E-state index is 12.1. The molecule has 0 unspecified atom stereocenters. The molecule has 136 valence electrons. The van der Waals surface area contributed by atoms with Crippen LogP contribution in [-0.4, -0.2) is 16.5 Å². The van der Waals surface area contributed by atoms with Crippen LogP contribution in [0.3, 0.4) is 0 Å². The fourth-order valence-electron chi connectivity index (χ4n) is 3.32. The molecule has 3 aromatic rings. The summed E-state index contributed by atoms with van der Waals surface area (Å²) < 4.78 is 2.31. The van der Waals surface area contributed by atoms with Gasteiger partial charge < -0.3 is 9.88 Å². The van der Waals surface area contributed by atoms with Crippen LogP contribution in [0, 0.1) is 6.92 Å². The fraction of sp³-hybridized carbons (Fsp3) is 0.348. The Kier molecular flexibility index (Phi) is 5.77. The number of fused-ring (bicyclic) bond motifs is 1. The van der Waals surface area contributed by atoms with E-state index in [0.717, 1.165) is 19.4 Å². The van der Waals surface area contributed by atoms with E-state index in [1.807, 2.05) is 6.92 Å². The molecule has 0 aliphatic carbocycles. The van der Waals surface area contributed by atoms with Gasteiger partial charge in [0.2, 0.25) is 5.91 Å². The molecule has 1 amide bonds. The third-order valence-corrected chi connectivity index (χ3v) is 5.11. The molecule has 1 aromatic heterocycles. The van der Waals surface area contributed by atoms with Gasteiger partial charge in [0, 0.05) is 36.1 Å². The zero-order valence-electron chi connectivity index (χ0n) is 16.0. The first-order valence-corrected chi connectivity index (χ1v) is 9.49. The summed E-state index contributed by atoms with van der Waals surface area (Å²) >= 11 is 0. The summed E-state index contributed by atoms with van der Waals surface area (Å²) in [6.45, 7) is 7.14. The molecular weight excluding hydrogens is 320 g/mol. The van der Waals surface area contributed by atoms with E-state index in [1.54, 1.807) is 0 Å². The van der Waals surface area contributed by atoms with Crippen LogP contribution >= 0.6 is 0 Å². The number of nitrogens with zero attached hydrogens (tertiary/aromatic N) is 1. The van der Waals surface area contributed by atoms with Crippen LogP contribution in [0.2, 0.25) is 0 Å². The molecule has 3 rings (SSSR count). The number of hydrogen-bond donors (Lipinski definition) is 1. The van der Waals surface area contributed by atoms with E-state index >= 15 is 0 Å². The van der Waals surface area contributed by atoms with Crippen LogP contribution in [0.25, 0.3) is 10.9 Å². The third kappa shape index (κ3) is 4.16. The van der Waals surface area contributed by atoms with Gasteiger partial charge in [-0.15, -0.1) is 0 Å². The highest BCUT2D eigenvalue weighted by Crippen LogP contribution is 2.24. The van der Waals surface area contributed by atoms with Gasteiger partial charge in [0.25, 0.3) is 0 Å². The van der Waals surface area contributed by atoms with Crippen molar-refractivity contribution in [3.8, 4) is 0 Å². The summed E-state index contributed by atoms with van der Waals surface area (Å²) in [5.41, 5.74) is 5.11. The Morgan fingerprint density at radius 1 is 1.08 bits per heavy atom.